The molecule has 0 atom stereocenters. The lowest BCUT2D eigenvalue weighted by Crippen LogP contribution is -2.12. The third-order valence-electron chi connectivity index (χ3n) is 3.13. The normalized spacial score (nSPS) is 10.4. The molecular weight excluding hydrogens is 272 g/mol. The van der Waals surface area contributed by atoms with E-state index in [2.05, 4.69) is 0 Å². The van der Waals surface area contributed by atoms with E-state index in [9.17, 15) is 0 Å². The van der Waals surface area contributed by atoms with Crippen molar-refractivity contribution in [2.45, 2.75) is 20.8 Å². The molecular formula is C16H17ClN2O. The Labute approximate surface area is 123 Å². The van der Waals surface area contributed by atoms with E-state index in [0.717, 1.165) is 33.0 Å². The van der Waals surface area contributed by atoms with Gasteiger partial charge >= 0.3 is 0 Å². The first-order valence-corrected chi connectivity index (χ1v) is 6.66. The molecule has 2 aromatic carbocycles. The summed E-state index contributed by atoms with van der Waals surface area (Å²) in [5.74, 6) is 1.53. The zero-order valence-electron chi connectivity index (χ0n) is 11.8. The average Bonchev–Trinajstić information content (AvgIpc) is 2.35. The molecule has 4 heteroatoms. The summed E-state index contributed by atoms with van der Waals surface area (Å²) < 4.78 is 5.84. The van der Waals surface area contributed by atoms with Crippen LogP contribution in [0.15, 0.2) is 30.3 Å². The molecule has 0 bridgehead atoms. The largest absolute Gasteiger partial charge is 0.457 e. The van der Waals surface area contributed by atoms with Gasteiger partial charge in [-0.05, 0) is 67.8 Å². The second kappa shape index (κ2) is 5.55. The molecule has 0 fully saturated rings. The number of aryl methyl sites for hydroxylation is 3. The van der Waals surface area contributed by atoms with Crippen LogP contribution in [0, 0.1) is 26.2 Å². The van der Waals surface area contributed by atoms with Crippen LogP contribution in [-0.4, -0.2) is 5.84 Å². The molecule has 20 heavy (non-hydrogen) atoms. The second-order valence-electron chi connectivity index (χ2n) is 4.86. The zero-order valence-corrected chi connectivity index (χ0v) is 12.5. The summed E-state index contributed by atoms with van der Waals surface area (Å²) in [5.41, 5.74) is 9.11. The Morgan fingerprint density at radius 2 is 1.55 bits per heavy atom. The third kappa shape index (κ3) is 2.94. The maximum Gasteiger partial charge on any atom is 0.128 e. The standard InChI is InChI=1S/C16H17ClN2O/c1-9-6-12(4-5-14(9)16(18)19)20-13-7-10(2)15(17)11(3)8-13/h4-8H,1-3H3,(H3,18,19). The Hall–Kier alpha value is -2.00. The van der Waals surface area contributed by atoms with Gasteiger partial charge in [-0.3, -0.25) is 5.41 Å². The molecule has 2 rings (SSSR count). The fourth-order valence-electron chi connectivity index (χ4n) is 2.10. The first-order chi connectivity index (χ1) is 9.38. The van der Waals surface area contributed by atoms with Gasteiger partial charge in [-0.15, -0.1) is 0 Å². The van der Waals surface area contributed by atoms with Crippen molar-refractivity contribution >= 4 is 17.4 Å². The van der Waals surface area contributed by atoms with Crippen molar-refractivity contribution in [3.8, 4) is 11.5 Å². The van der Waals surface area contributed by atoms with E-state index in [1.807, 2.05) is 45.0 Å². The monoisotopic (exact) mass is 288 g/mol. The smallest absolute Gasteiger partial charge is 0.128 e. The molecule has 0 saturated carbocycles. The number of nitrogens with two attached hydrogens (primary N) is 1. The maximum absolute atomic E-state index is 7.47. The summed E-state index contributed by atoms with van der Waals surface area (Å²) in [5, 5.41) is 8.23. The van der Waals surface area contributed by atoms with Crippen LogP contribution < -0.4 is 10.5 Å². The minimum atomic E-state index is 0.0623. The van der Waals surface area contributed by atoms with Crippen LogP contribution in [0.5, 0.6) is 11.5 Å². The fourth-order valence-corrected chi connectivity index (χ4v) is 2.21. The number of hydrogen-bond acceptors (Lipinski definition) is 2. The lowest BCUT2D eigenvalue weighted by molar-refractivity contribution is 0.481. The van der Waals surface area contributed by atoms with Gasteiger partial charge < -0.3 is 10.5 Å². The van der Waals surface area contributed by atoms with Gasteiger partial charge in [0.05, 0.1) is 0 Å². The number of nitrogen functional groups attached to an aromatic ring is 1. The van der Waals surface area contributed by atoms with Gasteiger partial charge in [-0.25, -0.2) is 0 Å². The van der Waals surface area contributed by atoms with Gasteiger partial charge in [0.15, 0.2) is 0 Å². The van der Waals surface area contributed by atoms with Crippen molar-refractivity contribution in [2.75, 3.05) is 0 Å². The van der Waals surface area contributed by atoms with E-state index in [4.69, 9.17) is 27.5 Å². The summed E-state index contributed by atoms with van der Waals surface area (Å²) >= 11 is 6.14. The van der Waals surface area contributed by atoms with Crippen molar-refractivity contribution in [2.24, 2.45) is 5.73 Å². The van der Waals surface area contributed by atoms with E-state index in [1.54, 1.807) is 6.07 Å². The SMILES string of the molecule is Cc1cc(Oc2cc(C)c(Cl)c(C)c2)ccc1C(=N)N. The Morgan fingerprint density at radius 3 is 2.05 bits per heavy atom. The molecule has 104 valence electrons. The van der Waals surface area contributed by atoms with Crippen molar-refractivity contribution < 1.29 is 4.74 Å². The molecule has 0 spiro atoms. The number of nitrogens with one attached hydrogen (secondary N) is 1. The molecule has 0 heterocycles. The fraction of sp³-hybridized carbons (Fsp3) is 0.188. The van der Waals surface area contributed by atoms with Crippen molar-refractivity contribution in [1.82, 2.24) is 0 Å². The predicted molar refractivity (Wildman–Crippen MR) is 83.2 cm³/mol. The van der Waals surface area contributed by atoms with Gasteiger partial charge in [0.2, 0.25) is 0 Å². The first kappa shape index (κ1) is 14.4. The van der Waals surface area contributed by atoms with Crippen LogP contribution in [0.4, 0.5) is 0 Å². The highest BCUT2D eigenvalue weighted by Crippen LogP contribution is 2.29. The lowest BCUT2D eigenvalue weighted by atomic mass is 10.1. The summed E-state index contributed by atoms with van der Waals surface area (Å²) in [6.07, 6.45) is 0. The van der Waals surface area contributed by atoms with Crippen LogP contribution in [0.25, 0.3) is 0 Å². The third-order valence-corrected chi connectivity index (χ3v) is 3.73. The van der Waals surface area contributed by atoms with Crippen LogP contribution in [0.3, 0.4) is 0 Å². The van der Waals surface area contributed by atoms with E-state index < -0.39 is 0 Å². The number of hydrogen-bond donors (Lipinski definition) is 2. The first-order valence-electron chi connectivity index (χ1n) is 6.28. The molecule has 0 aliphatic carbocycles. The highest BCUT2D eigenvalue weighted by Gasteiger charge is 2.07. The number of amidine groups is 1. The molecule has 0 saturated heterocycles. The lowest BCUT2D eigenvalue weighted by Gasteiger charge is -2.11. The summed E-state index contributed by atoms with van der Waals surface area (Å²) in [6.45, 7) is 5.81. The molecule has 3 nitrogen and oxygen atoms in total. The molecule has 0 aromatic heterocycles. The Balaban J connectivity index is 2.31. The summed E-state index contributed by atoms with van der Waals surface area (Å²) in [4.78, 5) is 0. The predicted octanol–water partition coefficient (Wildman–Crippen LogP) is 4.34. The summed E-state index contributed by atoms with van der Waals surface area (Å²) in [6, 6.07) is 9.29. The Kier molecular flexibility index (Phi) is 4.00. The quantitative estimate of drug-likeness (QED) is 0.652. The zero-order chi connectivity index (χ0) is 14.9. The van der Waals surface area contributed by atoms with Crippen LogP contribution >= 0.6 is 11.6 Å². The minimum Gasteiger partial charge on any atom is -0.457 e. The molecule has 3 N–H and O–H groups in total. The maximum atomic E-state index is 7.47. The van der Waals surface area contributed by atoms with Crippen molar-refractivity contribution in [1.29, 1.82) is 5.41 Å². The number of rotatable bonds is 3. The van der Waals surface area contributed by atoms with Crippen LogP contribution in [-0.2, 0) is 0 Å². The van der Waals surface area contributed by atoms with E-state index in [1.165, 1.54) is 0 Å². The number of ether oxygens (including phenoxy) is 1. The average molecular weight is 289 g/mol. The Bertz CT molecular complexity index is 657. The van der Waals surface area contributed by atoms with Crippen LogP contribution in [0.1, 0.15) is 22.3 Å². The molecule has 0 amide bonds. The molecule has 0 radical (unpaired) electrons. The van der Waals surface area contributed by atoms with Gasteiger partial charge in [-0.2, -0.15) is 0 Å². The Morgan fingerprint density at radius 1 is 1.00 bits per heavy atom. The highest BCUT2D eigenvalue weighted by molar-refractivity contribution is 6.32. The molecule has 2 aromatic rings. The topological polar surface area (TPSA) is 59.1 Å². The molecule has 0 unspecified atom stereocenters. The van der Waals surface area contributed by atoms with Crippen molar-refractivity contribution in [3.63, 3.8) is 0 Å². The number of benzene rings is 2. The highest BCUT2D eigenvalue weighted by atomic mass is 35.5. The molecule has 0 aliphatic rings. The van der Waals surface area contributed by atoms with Gasteiger partial charge in [0, 0.05) is 10.6 Å². The summed E-state index contributed by atoms with van der Waals surface area (Å²) in [7, 11) is 0. The van der Waals surface area contributed by atoms with Gasteiger partial charge in [0.1, 0.15) is 17.3 Å². The minimum absolute atomic E-state index is 0.0623. The van der Waals surface area contributed by atoms with E-state index >= 15 is 0 Å². The van der Waals surface area contributed by atoms with Crippen LogP contribution in [0.2, 0.25) is 5.02 Å². The van der Waals surface area contributed by atoms with Gasteiger partial charge in [-0.1, -0.05) is 11.6 Å². The van der Waals surface area contributed by atoms with E-state index in [-0.39, 0.29) is 5.84 Å². The van der Waals surface area contributed by atoms with Crippen molar-refractivity contribution in [3.05, 3.63) is 57.6 Å². The molecule has 0 aliphatic heterocycles. The van der Waals surface area contributed by atoms with Gasteiger partial charge in [0.25, 0.3) is 0 Å². The second-order valence-corrected chi connectivity index (χ2v) is 5.24. The van der Waals surface area contributed by atoms with E-state index in [0.29, 0.717) is 5.75 Å². The number of halogens is 1.